The van der Waals surface area contributed by atoms with Gasteiger partial charge in [-0.1, -0.05) is 0 Å². The zero-order valence-corrected chi connectivity index (χ0v) is 9.53. The first-order chi connectivity index (χ1) is 8.25. The van der Waals surface area contributed by atoms with Crippen molar-refractivity contribution in [2.75, 3.05) is 26.4 Å². The van der Waals surface area contributed by atoms with Gasteiger partial charge in [0.25, 0.3) is 10.2 Å². The van der Waals surface area contributed by atoms with Crippen LogP contribution in [-0.2, 0) is 28.4 Å². The summed E-state index contributed by atoms with van der Waals surface area (Å²) in [5.41, 5.74) is -1.45. The highest BCUT2D eigenvalue weighted by Gasteiger charge is 2.41. The van der Waals surface area contributed by atoms with Gasteiger partial charge in [-0.25, -0.2) is 8.37 Å². The molecule has 13 heteroatoms. The van der Waals surface area contributed by atoms with E-state index in [9.17, 15) is 28.6 Å². The van der Waals surface area contributed by atoms with Crippen LogP contribution >= 0.6 is 0 Å². The number of rotatable bonds is 6. The SMILES string of the molecule is O=[N+]([O-])OCC1(CO[N+](=O)[O-])COS(=O)(=O)OC1. The smallest absolute Gasteiger partial charge is 0.313 e. The van der Waals surface area contributed by atoms with E-state index in [2.05, 4.69) is 18.0 Å². The van der Waals surface area contributed by atoms with Crippen LogP contribution < -0.4 is 0 Å². The highest BCUT2D eigenvalue weighted by atomic mass is 32.3. The molecule has 0 atom stereocenters. The van der Waals surface area contributed by atoms with E-state index in [4.69, 9.17) is 0 Å². The molecule has 1 fully saturated rings. The Bertz CT molecular complexity index is 398. The van der Waals surface area contributed by atoms with Crippen molar-refractivity contribution in [2.24, 2.45) is 5.41 Å². The third-order valence-corrected chi connectivity index (χ3v) is 2.78. The van der Waals surface area contributed by atoms with Crippen molar-refractivity contribution in [3.63, 3.8) is 0 Å². The van der Waals surface area contributed by atoms with E-state index in [1.54, 1.807) is 0 Å². The van der Waals surface area contributed by atoms with Gasteiger partial charge in [0.15, 0.2) is 0 Å². The van der Waals surface area contributed by atoms with Gasteiger partial charge in [-0.2, -0.15) is 8.42 Å². The molecule has 1 rings (SSSR count). The molecule has 0 saturated carbocycles. The second kappa shape index (κ2) is 5.28. The second-order valence-corrected chi connectivity index (χ2v) is 4.71. The molecule has 18 heavy (non-hydrogen) atoms. The van der Waals surface area contributed by atoms with E-state index in [0.717, 1.165) is 0 Å². The van der Waals surface area contributed by atoms with Crippen LogP contribution in [0.4, 0.5) is 0 Å². The highest BCUT2D eigenvalue weighted by molar-refractivity contribution is 7.81. The van der Waals surface area contributed by atoms with Crippen LogP contribution in [0.3, 0.4) is 0 Å². The van der Waals surface area contributed by atoms with E-state index in [1.807, 2.05) is 0 Å². The number of hydrogen-bond donors (Lipinski definition) is 0. The Labute approximate surface area is 99.9 Å². The lowest BCUT2D eigenvalue weighted by Gasteiger charge is -2.33. The Morgan fingerprint density at radius 3 is 1.78 bits per heavy atom. The minimum atomic E-state index is -4.18. The van der Waals surface area contributed by atoms with Gasteiger partial charge in [-0.05, 0) is 0 Å². The van der Waals surface area contributed by atoms with Gasteiger partial charge in [-0.15, -0.1) is 20.2 Å². The minimum absolute atomic E-state index is 0.586. The Kier molecular flexibility index (Phi) is 4.20. The van der Waals surface area contributed by atoms with Gasteiger partial charge >= 0.3 is 10.4 Å². The van der Waals surface area contributed by atoms with E-state index in [1.165, 1.54) is 0 Å². The minimum Gasteiger partial charge on any atom is -0.313 e. The van der Waals surface area contributed by atoms with Crippen LogP contribution in [0, 0.1) is 25.6 Å². The molecule has 0 aromatic heterocycles. The van der Waals surface area contributed by atoms with Crippen LogP contribution in [0.25, 0.3) is 0 Å². The Hall–Kier alpha value is -1.73. The zero-order chi connectivity index (χ0) is 13.8. The van der Waals surface area contributed by atoms with Gasteiger partial charge in [0.2, 0.25) is 0 Å². The first kappa shape index (κ1) is 14.3. The molecule has 0 aromatic carbocycles. The van der Waals surface area contributed by atoms with Crippen LogP contribution in [0.15, 0.2) is 0 Å². The zero-order valence-electron chi connectivity index (χ0n) is 8.71. The number of hydrogen-bond acceptors (Lipinski definition) is 10. The third-order valence-electron chi connectivity index (χ3n) is 1.97. The van der Waals surface area contributed by atoms with Crippen LogP contribution in [-0.4, -0.2) is 45.0 Å². The fourth-order valence-electron chi connectivity index (χ4n) is 1.06. The Balaban J connectivity index is 2.69. The summed E-state index contributed by atoms with van der Waals surface area (Å²) >= 11 is 0. The quantitative estimate of drug-likeness (QED) is 0.423. The maximum Gasteiger partial charge on any atom is 0.399 e. The summed E-state index contributed by atoms with van der Waals surface area (Å²) in [4.78, 5) is 28.2. The van der Waals surface area contributed by atoms with Gasteiger partial charge < -0.3 is 9.68 Å². The Morgan fingerprint density at radius 1 is 1.06 bits per heavy atom. The van der Waals surface area contributed by atoms with Crippen molar-refractivity contribution in [1.82, 2.24) is 0 Å². The molecule has 1 saturated heterocycles. The fraction of sp³-hybridized carbons (Fsp3) is 1.00. The van der Waals surface area contributed by atoms with Crippen LogP contribution in [0.2, 0.25) is 0 Å². The summed E-state index contributed by atoms with van der Waals surface area (Å²) in [7, 11) is -4.18. The van der Waals surface area contributed by atoms with Gasteiger partial charge in [0, 0.05) is 0 Å². The fourth-order valence-corrected chi connectivity index (χ4v) is 1.91. The average molecular weight is 288 g/mol. The molecule has 0 aromatic rings. The summed E-state index contributed by atoms with van der Waals surface area (Å²) in [6.45, 7) is -2.50. The third kappa shape index (κ3) is 4.27. The molecule has 0 radical (unpaired) electrons. The van der Waals surface area contributed by atoms with Gasteiger partial charge in [0.1, 0.15) is 13.2 Å². The molecule has 12 nitrogen and oxygen atoms in total. The van der Waals surface area contributed by atoms with E-state index in [-0.39, 0.29) is 0 Å². The van der Waals surface area contributed by atoms with Crippen molar-refractivity contribution >= 4 is 10.4 Å². The summed E-state index contributed by atoms with van der Waals surface area (Å²) in [5, 5.41) is 17.9. The van der Waals surface area contributed by atoms with E-state index < -0.39 is 52.4 Å². The molecule has 0 aliphatic carbocycles. The monoisotopic (exact) mass is 288 g/mol. The summed E-state index contributed by atoms with van der Waals surface area (Å²) < 4.78 is 30.2. The van der Waals surface area contributed by atoms with Crippen LogP contribution in [0.1, 0.15) is 0 Å². The molecule has 104 valence electrons. The summed E-state index contributed by atoms with van der Waals surface area (Å²) in [6, 6.07) is 0. The van der Waals surface area contributed by atoms with E-state index >= 15 is 0 Å². The first-order valence-corrected chi connectivity index (χ1v) is 5.66. The lowest BCUT2D eigenvalue weighted by atomic mass is 9.93. The van der Waals surface area contributed by atoms with Gasteiger partial charge in [0.05, 0.1) is 18.6 Å². The van der Waals surface area contributed by atoms with Gasteiger partial charge in [-0.3, -0.25) is 0 Å². The molecule has 1 heterocycles. The maximum atomic E-state index is 10.8. The normalized spacial score (nSPS) is 20.9. The van der Waals surface area contributed by atoms with Crippen molar-refractivity contribution in [2.45, 2.75) is 0 Å². The molecular weight excluding hydrogens is 280 g/mol. The molecule has 0 unspecified atom stereocenters. The molecular formula is C5H8N2O10S. The molecule has 0 N–H and O–H groups in total. The lowest BCUT2D eigenvalue weighted by Crippen LogP contribution is -2.47. The molecule has 0 amide bonds. The van der Waals surface area contributed by atoms with Crippen molar-refractivity contribution < 1.29 is 36.6 Å². The van der Waals surface area contributed by atoms with Crippen molar-refractivity contribution in [3.8, 4) is 0 Å². The lowest BCUT2D eigenvalue weighted by molar-refractivity contribution is -0.772. The number of nitrogens with zero attached hydrogens (tertiary/aromatic N) is 2. The predicted molar refractivity (Wildman–Crippen MR) is 49.1 cm³/mol. The maximum absolute atomic E-state index is 10.8. The molecule has 1 aliphatic rings. The molecule has 1 aliphatic heterocycles. The van der Waals surface area contributed by atoms with Crippen LogP contribution in [0.5, 0.6) is 0 Å². The van der Waals surface area contributed by atoms with Crippen molar-refractivity contribution in [3.05, 3.63) is 20.2 Å². The van der Waals surface area contributed by atoms with Crippen molar-refractivity contribution in [1.29, 1.82) is 0 Å². The predicted octanol–water partition coefficient (Wildman–Crippen LogP) is -1.32. The standard InChI is InChI=1S/C5H8N2O10S/c8-6(9)14-1-5(2-15-7(10)11)3-16-18(12,13)17-4-5/h1-4H2. The largest absolute Gasteiger partial charge is 0.399 e. The molecule has 0 bridgehead atoms. The summed E-state index contributed by atoms with van der Waals surface area (Å²) in [5.74, 6) is 0. The molecule has 0 spiro atoms. The van der Waals surface area contributed by atoms with E-state index in [0.29, 0.717) is 0 Å². The Morgan fingerprint density at radius 2 is 1.44 bits per heavy atom. The summed E-state index contributed by atoms with van der Waals surface area (Å²) in [6.07, 6.45) is 0. The average Bonchev–Trinajstić information content (AvgIpc) is 2.27. The second-order valence-electron chi connectivity index (χ2n) is 3.43. The first-order valence-electron chi connectivity index (χ1n) is 4.33. The topological polar surface area (TPSA) is 157 Å². The highest BCUT2D eigenvalue weighted by Crippen LogP contribution is 2.26.